The molecule has 1 aromatic heterocycles. The highest BCUT2D eigenvalue weighted by molar-refractivity contribution is 9.10. The molecule has 168 valence electrons. The molecule has 0 fully saturated rings. The molecule has 0 radical (unpaired) electrons. The Morgan fingerprint density at radius 2 is 1.94 bits per heavy atom. The largest absolute Gasteiger partial charge is 0.507 e. The first kappa shape index (κ1) is 23.8. The summed E-state index contributed by atoms with van der Waals surface area (Å²) < 4.78 is 7.70. The number of phenols is 1. The molecule has 3 aromatic rings. The summed E-state index contributed by atoms with van der Waals surface area (Å²) in [5, 5.41) is 21.7. The van der Waals surface area contributed by atoms with Crippen LogP contribution in [0.4, 0.5) is 5.69 Å². The van der Waals surface area contributed by atoms with Crippen LogP contribution in [0.3, 0.4) is 0 Å². The van der Waals surface area contributed by atoms with Gasteiger partial charge in [-0.15, -0.1) is 10.2 Å². The van der Waals surface area contributed by atoms with Crippen LogP contribution in [0.5, 0.6) is 5.75 Å². The summed E-state index contributed by atoms with van der Waals surface area (Å²) >= 11 is 4.61. The minimum absolute atomic E-state index is 0.0932. The van der Waals surface area contributed by atoms with Gasteiger partial charge in [0.1, 0.15) is 5.75 Å². The number of nitrogens with zero attached hydrogens (tertiary/aromatic N) is 3. The van der Waals surface area contributed by atoms with Gasteiger partial charge in [0.05, 0.1) is 23.5 Å². The number of anilines is 1. The van der Waals surface area contributed by atoms with Crippen molar-refractivity contribution in [2.75, 3.05) is 17.7 Å². The number of aromatic hydroxyl groups is 1. The molecule has 2 N–H and O–H groups in total. The van der Waals surface area contributed by atoms with Crippen LogP contribution in [-0.2, 0) is 16.6 Å². The van der Waals surface area contributed by atoms with E-state index in [0.717, 1.165) is 17.3 Å². The Morgan fingerprint density at radius 1 is 1.19 bits per heavy atom. The third kappa shape index (κ3) is 6.10. The smallest absolute Gasteiger partial charge is 0.338 e. The topological polar surface area (TPSA) is 106 Å². The summed E-state index contributed by atoms with van der Waals surface area (Å²) in [7, 11) is 1.77. The molecule has 1 amide bonds. The van der Waals surface area contributed by atoms with Crippen molar-refractivity contribution < 1.29 is 19.4 Å². The maximum Gasteiger partial charge on any atom is 0.338 e. The van der Waals surface area contributed by atoms with Gasteiger partial charge in [0.15, 0.2) is 11.0 Å². The first-order valence-corrected chi connectivity index (χ1v) is 11.7. The van der Waals surface area contributed by atoms with E-state index in [2.05, 4.69) is 31.4 Å². The molecule has 1 heterocycles. The Morgan fingerprint density at radius 3 is 2.66 bits per heavy atom. The summed E-state index contributed by atoms with van der Waals surface area (Å²) in [5.41, 5.74) is 1.56. The Balaban J connectivity index is 1.56. The third-order valence-electron chi connectivity index (χ3n) is 4.50. The second kappa shape index (κ2) is 11.1. The van der Waals surface area contributed by atoms with Crippen molar-refractivity contribution in [3.8, 4) is 17.1 Å². The fourth-order valence-corrected chi connectivity index (χ4v) is 3.84. The number of amides is 1. The van der Waals surface area contributed by atoms with Gasteiger partial charge in [-0.25, -0.2) is 4.79 Å². The average Bonchev–Trinajstić information content (AvgIpc) is 3.14. The van der Waals surface area contributed by atoms with Crippen LogP contribution in [0.2, 0.25) is 0 Å². The molecular weight excluding hydrogens is 496 g/mol. The van der Waals surface area contributed by atoms with E-state index >= 15 is 0 Å². The fraction of sp³-hybridized carbons (Fsp3) is 0.273. The van der Waals surface area contributed by atoms with Gasteiger partial charge < -0.3 is 19.7 Å². The van der Waals surface area contributed by atoms with Gasteiger partial charge in [0.2, 0.25) is 5.91 Å². The molecule has 0 aliphatic heterocycles. The lowest BCUT2D eigenvalue weighted by Crippen LogP contribution is -2.14. The highest BCUT2D eigenvalue weighted by Gasteiger charge is 2.16. The molecule has 0 bridgehead atoms. The Bertz CT molecular complexity index is 1100. The number of halogens is 1. The molecule has 0 atom stereocenters. The van der Waals surface area contributed by atoms with Gasteiger partial charge in [-0.1, -0.05) is 41.0 Å². The van der Waals surface area contributed by atoms with Gasteiger partial charge in [-0.2, -0.15) is 0 Å². The lowest BCUT2D eigenvalue weighted by molar-refractivity contribution is -0.113. The number of nitrogens with one attached hydrogen (secondary N) is 1. The number of carbonyl (C=O) groups is 2. The van der Waals surface area contributed by atoms with Crippen LogP contribution in [0, 0.1) is 0 Å². The van der Waals surface area contributed by atoms with Crippen molar-refractivity contribution in [1.82, 2.24) is 14.8 Å². The van der Waals surface area contributed by atoms with E-state index in [1.165, 1.54) is 11.8 Å². The van der Waals surface area contributed by atoms with Crippen molar-refractivity contribution in [3.05, 3.63) is 52.5 Å². The highest BCUT2D eigenvalue weighted by Crippen LogP contribution is 2.32. The van der Waals surface area contributed by atoms with E-state index < -0.39 is 0 Å². The average molecular weight is 519 g/mol. The van der Waals surface area contributed by atoms with Crippen LogP contribution in [0.1, 0.15) is 30.1 Å². The summed E-state index contributed by atoms with van der Waals surface area (Å²) in [5.74, 6) is 0.116. The van der Waals surface area contributed by atoms with Crippen LogP contribution in [0.15, 0.2) is 52.1 Å². The van der Waals surface area contributed by atoms with E-state index in [1.54, 1.807) is 54.1 Å². The zero-order chi connectivity index (χ0) is 23.1. The molecule has 10 heteroatoms. The number of aromatic nitrogens is 3. The summed E-state index contributed by atoms with van der Waals surface area (Å²) in [6.45, 7) is 2.43. The van der Waals surface area contributed by atoms with Gasteiger partial charge in [-0.05, 0) is 48.9 Å². The normalized spacial score (nSPS) is 10.7. The minimum atomic E-state index is -0.374. The second-order valence-electron chi connectivity index (χ2n) is 6.93. The molecular formula is C22H23BrN4O4S. The number of benzene rings is 2. The van der Waals surface area contributed by atoms with Crippen LogP contribution < -0.4 is 5.32 Å². The van der Waals surface area contributed by atoms with Crippen molar-refractivity contribution in [2.45, 2.75) is 24.9 Å². The third-order valence-corrected chi connectivity index (χ3v) is 6.02. The number of thioether (sulfide) groups is 1. The monoisotopic (exact) mass is 518 g/mol. The number of ether oxygens (including phenoxy) is 1. The van der Waals surface area contributed by atoms with E-state index in [0.29, 0.717) is 34.4 Å². The Kier molecular flexibility index (Phi) is 8.29. The Labute approximate surface area is 198 Å². The van der Waals surface area contributed by atoms with Crippen LogP contribution >= 0.6 is 27.7 Å². The quantitative estimate of drug-likeness (QED) is 0.241. The second-order valence-corrected chi connectivity index (χ2v) is 8.79. The number of unbranched alkanes of at least 4 members (excludes halogenated alkanes) is 1. The predicted octanol–water partition coefficient (Wildman–Crippen LogP) is 4.64. The zero-order valence-electron chi connectivity index (χ0n) is 17.7. The summed E-state index contributed by atoms with van der Waals surface area (Å²) in [6, 6.07) is 11.6. The number of phenolic OH excluding ortho intramolecular Hbond substituents is 1. The fourth-order valence-electron chi connectivity index (χ4n) is 2.77. The molecule has 0 spiro atoms. The molecule has 0 aliphatic rings. The first-order valence-electron chi connectivity index (χ1n) is 9.97. The number of hydrogen-bond donors (Lipinski definition) is 2. The highest BCUT2D eigenvalue weighted by atomic mass is 79.9. The summed E-state index contributed by atoms with van der Waals surface area (Å²) in [6.07, 6.45) is 1.78. The molecule has 0 aliphatic carbocycles. The lowest BCUT2D eigenvalue weighted by atomic mass is 10.2. The van der Waals surface area contributed by atoms with Gasteiger partial charge in [0.25, 0.3) is 0 Å². The summed E-state index contributed by atoms with van der Waals surface area (Å²) in [4.78, 5) is 24.3. The lowest BCUT2D eigenvalue weighted by Gasteiger charge is -2.08. The van der Waals surface area contributed by atoms with Crippen molar-refractivity contribution in [2.24, 2.45) is 7.05 Å². The molecule has 0 unspecified atom stereocenters. The SMILES string of the molecule is CCCCOC(=O)c1ccc(NC(=O)CSc2nnc(-c3cc(Br)ccc3O)n2C)cc1. The number of carbonyl (C=O) groups excluding carboxylic acids is 2. The molecule has 32 heavy (non-hydrogen) atoms. The standard InChI is InChI=1S/C22H23BrN4O4S/c1-3-4-11-31-21(30)14-5-8-16(9-6-14)24-19(29)13-32-22-26-25-20(27(22)2)17-12-15(23)7-10-18(17)28/h5-10,12,28H,3-4,11,13H2,1-2H3,(H,24,29). The van der Waals surface area contributed by atoms with Gasteiger partial charge in [-0.3, -0.25) is 4.79 Å². The Hall–Kier alpha value is -2.85. The zero-order valence-corrected chi connectivity index (χ0v) is 20.1. The van der Waals surface area contributed by atoms with E-state index in [1.807, 2.05) is 6.92 Å². The first-order chi connectivity index (χ1) is 15.4. The molecule has 2 aromatic carbocycles. The van der Waals surface area contributed by atoms with E-state index in [-0.39, 0.29) is 23.4 Å². The van der Waals surface area contributed by atoms with Crippen molar-refractivity contribution in [1.29, 1.82) is 0 Å². The molecule has 0 saturated heterocycles. The maximum atomic E-state index is 12.3. The van der Waals surface area contributed by atoms with Crippen molar-refractivity contribution >= 4 is 45.3 Å². The number of hydrogen-bond acceptors (Lipinski definition) is 7. The van der Waals surface area contributed by atoms with E-state index in [4.69, 9.17) is 4.74 Å². The number of esters is 1. The van der Waals surface area contributed by atoms with Gasteiger partial charge in [0, 0.05) is 17.2 Å². The van der Waals surface area contributed by atoms with E-state index in [9.17, 15) is 14.7 Å². The maximum absolute atomic E-state index is 12.3. The van der Waals surface area contributed by atoms with Crippen LogP contribution in [0.25, 0.3) is 11.4 Å². The molecule has 8 nitrogen and oxygen atoms in total. The van der Waals surface area contributed by atoms with Gasteiger partial charge >= 0.3 is 5.97 Å². The number of rotatable bonds is 9. The minimum Gasteiger partial charge on any atom is -0.507 e. The molecule has 0 saturated carbocycles. The van der Waals surface area contributed by atoms with Crippen LogP contribution in [-0.4, -0.2) is 44.1 Å². The van der Waals surface area contributed by atoms with Crippen molar-refractivity contribution in [3.63, 3.8) is 0 Å². The predicted molar refractivity (Wildman–Crippen MR) is 127 cm³/mol. The molecule has 3 rings (SSSR count).